The van der Waals surface area contributed by atoms with E-state index in [1.54, 1.807) is 0 Å². The van der Waals surface area contributed by atoms with Crippen LogP contribution >= 0.6 is 0 Å². The maximum Gasteiger partial charge on any atom is 0.132 e. The van der Waals surface area contributed by atoms with Gasteiger partial charge in [-0.2, -0.15) is 0 Å². The number of carbonyl (C=O) groups excluding carboxylic acids is 2. The van der Waals surface area contributed by atoms with Crippen LogP contribution in [0.3, 0.4) is 0 Å². The number of rotatable bonds is 13. The van der Waals surface area contributed by atoms with Crippen LogP contribution in [0.2, 0.25) is 0 Å². The highest BCUT2D eigenvalue weighted by Gasteiger charge is 1.99. The molecule has 2 nitrogen and oxygen atoms in total. The van der Waals surface area contributed by atoms with Gasteiger partial charge in [0.25, 0.3) is 0 Å². The van der Waals surface area contributed by atoms with Crippen LogP contribution in [0.25, 0.3) is 0 Å². The Kier molecular flexibility index (Phi) is 12.9. The second-order valence-corrected chi connectivity index (χ2v) is 4.82. The number of ketones is 1. The molecule has 0 aliphatic carbocycles. The molecule has 100 valence electrons. The lowest BCUT2D eigenvalue weighted by Gasteiger charge is -2.01. The van der Waals surface area contributed by atoms with E-state index in [4.69, 9.17) is 0 Å². The van der Waals surface area contributed by atoms with Crippen LogP contribution in [0.4, 0.5) is 0 Å². The van der Waals surface area contributed by atoms with Gasteiger partial charge in [-0.25, -0.2) is 0 Å². The predicted molar refractivity (Wildman–Crippen MR) is 72.1 cm³/mol. The fourth-order valence-corrected chi connectivity index (χ4v) is 2.01. The third-order valence-corrected chi connectivity index (χ3v) is 3.06. The second-order valence-electron chi connectivity index (χ2n) is 4.82. The van der Waals surface area contributed by atoms with E-state index < -0.39 is 0 Å². The Bertz CT molecular complexity index is 187. The summed E-state index contributed by atoms with van der Waals surface area (Å²) in [7, 11) is 0. The van der Waals surface area contributed by atoms with Crippen molar-refractivity contribution in [3.63, 3.8) is 0 Å². The Morgan fingerprint density at radius 3 is 1.88 bits per heavy atom. The molecule has 17 heavy (non-hydrogen) atoms. The number of hydrogen-bond donors (Lipinski definition) is 0. The van der Waals surface area contributed by atoms with E-state index in [1.165, 1.54) is 38.5 Å². The summed E-state index contributed by atoms with van der Waals surface area (Å²) in [6, 6.07) is 0. The van der Waals surface area contributed by atoms with Crippen molar-refractivity contribution in [3.05, 3.63) is 0 Å². The summed E-state index contributed by atoms with van der Waals surface area (Å²) in [4.78, 5) is 21.3. The van der Waals surface area contributed by atoms with Crippen molar-refractivity contribution in [3.8, 4) is 0 Å². The first-order valence-electron chi connectivity index (χ1n) is 7.26. The van der Waals surface area contributed by atoms with Crippen molar-refractivity contribution in [1.29, 1.82) is 0 Å². The van der Waals surface area contributed by atoms with Crippen LogP contribution in [0.15, 0.2) is 0 Å². The Labute approximate surface area is 106 Å². The van der Waals surface area contributed by atoms with Crippen molar-refractivity contribution >= 4 is 12.1 Å². The van der Waals surface area contributed by atoms with Crippen molar-refractivity contribution in [1.82, 2.24) is 0 Å². The lowest BCUT2D eigenvalue weighted by atomic mass is 10.0. The molecule has 0 bridgehead atoms. The lowest BCUT2D eigenvalue weighted by molar-refractivity contribution is -0.119. The Morgan fingerprint density at radius 2 is 1.35 bits per heavy atom. The average Bonchev–Trinajstić information content (AvgIpc) is 2.32. The minimum Gasteiger partial charge on any atom is -0.303 e. The molecule has 0 aliphatic heterocycles. The Balaban J connectivity index is 3.03. The number of Topliss-reactive ketones (excluding diaryl/α,β-unsaturated/α-hetero) is 1. The van der Waals surface area contributed by atoms with Crippen LogP contribution in [0, 0.1) is 0 Å². The van der Waals surface area contributed by atoms with E-state index >= 15 is 0 Å². The SMILES string of the molecule is CCCC(=O)CCCCCCCCCCC=O. The van der Waals surface area contributed by atoms with Crippen LogP contribution in [-0.4, -0.2) is 12.1 Å². The van der Waals surface area contributed by atoms with Gasteiger partial charge in [0.2, 0.25) is 0 Å². The third kappa shape index (κ3) is 13.3. The highest BCUT2D eigenvalue weighted by molar-refractivity contribution is 5.78. The molecular weight excluding hydrogens is 212 g/mol. The number of aldehydes is 1. The topological polar surface area (TPSA) is 34.1 Å². The zero-order valence-electron chi connectivity index (χ0n) is 11.4. The number of unbranched alkanes of at least 4 members (excludes halogenated alkanes) is 8. The monoisotopic (exact) mass is 240 g/mol. The highest BCUT2D eigenvalue weighted by atomic mass is 16.1. The third-order valence-electron chi connectivity index (χ3n) is 3.06. The number of carbonyl (C=O) groups is 2. The lowest BCUT2D eigenvalue weighted by Crippen LogP contribution is -1.96. The molecule has 0 N–H and O–H groups in total. The first-order chi connectivity index (χ1) is 8.31. The van der Waals surface area contributed by atoms with Crippen LogP contribution in [0.1, 0.15) is 84.0 Å². The maximum atomic E-state index is 11.3. The molecule has 0 saturated heterocycles. The van der Waals surface area contributed by atoms with Gasteiger partial charge < -0.3 is 4.79 Å². The molecule has 0 spiro atoms. The molecule has 0 radical (unpaired) electrons. The predicted octanol–water partition coefficient (Wildman–Crippen LogP) is 4.46. The smallest absolute Gasteiger partial charge is 0.132 e. The van der Waals surface area contributed by atoms with Gasteiger partial charge >= 0.3 is 0 Å². The molecule has 0 aromatic carbocycles. The summed E-state index contributed by atoms with van der Waals surface area (Å²) in [6.45, 7) is 2.06. The van der Waals surface area contributed by atoms with Crippen LogP contribution in [-0.2, 0) is 9.59 Å². The molecular formula is C15H28O2. The van der Waals surface area contributed by atoms with E-state index in [-0.39, 0.29) is 0 Å². The number of hydrogen-bond acceptors (Lipinski definition) is 2. The van der Waals surface area contributed by atoms with Crippen molar-refractivity contribution in [2.24, 2.45) is 0 Å². The minimum atomic E-state index is 0.432. The van der Waals surface area contributed by atoms with E-state index in [1.807, 2.05) is 0 Å². The van der Waals surface area contributed by atoms with Crippen LogP contribution in [0.5, 0.6) is 0 Å². The van der Waals surface area contributed by atoms with E-state index in [0.29, 0.717) is 5.78 Å². The molecule has 0 amide bonds. The fraction of sp³-hybridized carbons (Fsp3) is 0.867. The van der Waals surface area contributed by atoms with Gasteiger partial charge in [-0.15, -0.1) is 0 Å². The molecule has 0 atom stereocenters. The molecule has 0 aromatic rings. The molecule has 0 heterocycles. The largest absolute Gasteiger partial charge is 0.303 e. The molecule has 2 heteroatoms. The highest BCUT2D eigenvalue weighted by Crippen LogP contribution is 2.11. The molecule has 0 unspecified atom stereocenters. The van der Waals surface area contributed by atoms with Gasteiger partial charge in [0, 0.05) is 19.3 Å². The first-order valence-corrected chi connectivity index (χ1v) is 7.26. The quantitative estimate of drug-likeness (QED) is 0.352. The normalized spacial score (nSPS) is 10.4. The summed E-state index contributed by atoms with van der Waals surface area (Å²) < 4.78 is 0. The first kappa shape index (κ1) is 16.3. The molecule has 0 saturated carbocycles. The van der Waals surface area contributed by atoms with E-state index in [2.05, 4.69) is 6.92 Å². The average molecular weight is 240 g/mol. The van der Waals surface area contributed by atoms with Crippen LogP contribution < -0.4 is 0 Å². The van der Waals surface area contributed by atoms with Gasteiger partial charge in [-0.05, 0) is 19.3 Å². The molecule has 0 fully saturated rings. The van der Waals surface area contributed by atoms with Gasteiger partial charge in [0.15, 0.2) is 0 Å². The molecule has 0 rings (SSSR count). The zero-order chi connectivity index (χ0) is 12.8. The standard InChI is InChI=1S/C15H28O2/c1-2-12-15(17)13-10-8-6-4-3-5-7-9-11-14-16/h14H,2-13H2,1H3. The minimum absolute atomic E-state index is 0.432. The Morgan fingerprint density at radius 1 is 0.824 bits per heavy atom. The maximum absolute atomic E-state index is 11.3. The van der Waals surface area contributed by atoms with Crippen molar-refractivity contribution in [2.75, 3.05) is 0 Å². The summed E-state index contributed by atoms with van der Waals surface area (Å²) in [5.74, 6) is 0.432. The molecule has 0 aromatic heterocycles. The zero-order valence-corrected chi connectivity index (χ0v) is 11.4. The summed E-state index contributed by atoms with van der Waals surface area (Å²) >= 11 is 0. The van der Waals surface area contributed by atoms with Gasteiger partial charge in [-0.3, -0.25) is 4.79 Å². The fourth-order valence-electron chi connectivity index (χ4n) is 2.01. The van der Waals surface area contributed by atoms with Crippen molar-refractivity contribution in [2.45, 2.75) is 84.0 Å². The van der Waals surface area contributed by atoms with E-state index in [9.17, 15) is 9.59 Å². The summed E-state index contributed by atoms with van der Waals surface area (Å²) in [5.41, 5.74) is 0. The van der Waals surface area contributed by atoms with E-state index in [0.717, 1.165) is 44.8 Å². The van der Waals surface area contributed by atoms with Gasteiger partial charge in [0.05, 0.1) is 0 Å². The summed E-state index contributed by atoms with van der Waals surface area (Å²) in [5, 5.41) is 0. The Hall–Kier alpha value is -0.660. The molecule has 0 aliphatic rings. The van der Waals surface area contributed by atoms with Gasteiger partial charge in [0.1, 0.15) is 12.1 Å². The second kappa shape index (κ2) is 13.4. The van der Waals surface area contributed by atoms with Gasteiger partial charge in [-0.1, -0.05) is 45.4 Å². The summed E-state index contributed by atoms with van der Waals surface area (Å²) in [6.07, 6.45) is 13.8. The van der Waals surface area contributed by atoms with Crippen molar-refractivity contribution < 1.29 is 9.59 Å².